The number of hydrogen-bond donors (Lipinski definition) is 2. The molecular weight excluding hydrogens is 252 g/mol. The van der Waals surface area contributed by atoms with E-state index >= 15 is 0 Å². The number of nitrogens with one attached hydrogen (secondary N) is 1. The van der Waals surface area contributed by atoms with E-state index in [1.54, 1.807) is 36.7 Å². The lowest BCUT2D eigenvalue weighted by Gasteiger charge is -2.05. The molecule has 1 amide bonds. The lowest BCUT2D eigenvalue weighted by Crippen LogP contribution is -2.14. The van der Waals surface area contributed by atoms with Crippen molar-refractivity contribution < 1.29 is 4.79 Å². The van der Waals surface area contributed by atoms with Crippen LogP contribution in [0.1, 0.15) is 21.5 Å². The summed E-state index contributed by atoms with van der Waals surface area (Å²) in [5, 5.41) is 2.63. The van der Waals surface area contributed by atoms with Gasteiger partial charge < -0.3 is 5.73 Å². The van der Waals surface area contributed by atoms with Crippen LogP contribution >= 0.6 is 0 Å². The van der Waals surface area contributed by atoms with Crippen LogP contribution < -0.4 is 11.1 Å². The molecule has 1 aromatic heterocycles. The molecule has 1 heterocycles. The molecule has 5 nitrogen and oxygen atoms in total. The molecule has 2 rings (SSSR count). The first-order valence-corrected chi connectivity index (χ1v) is 6.08. The molecule has 100 valence electrons. The first kappa shape index (κ1) is 13.7. The summed E-state index contributed by atoms with van der Waals surface area (Å²) in [6, 6.07) is 6.98. The summed E-state index contributed by atoms with van der Waals surface area (Å²) in [4.78, 5) is 19.9. The van der Waals surface area contributed by atoms with Crippen LogP contribution in [0.15, 0.2) is 36.7 Å². The van der Waals surface area contributed by atoms with Gasteiger partial charge in [0.2, 0.25) is 5.95 Å². The molecule has 0 saturated carbocycles. The third-order valence-electron chi connectivity index (χ3n) is 2.60. The van der Waals surface area contributed by atoms with E-state index in [1.807, 2.05) is 6.92 Å². The Kier molecular flexibility index (Phi) is 4.43. The maximum absolute atomic E-state index is 12.0. The van der Waals surface area contributed by atoms with Gasteiger partial charge in [-0.3, -0.25) is 10.1 Å². The molecule has 0 unspecified atom stereocenters. The van der Waals surface area contributed by atoms with Crippen molar-refractivity contribution in [3.05, 3.63) is 53.3 Å². The van der Waals surface area contributed by atoms with Crippen molar-refractivity contribution in [3.63, 3.8) is 0 Å². The number of nitrogens with zero attached hydrogens (tertiary/aromatic N) is 2. The highest BCUT2D eigenvalue weighted by Gasteiger charge is 2.08. The van der Waals surface area contributed by atoms with Gasteiger partial charge in [-0.05, 0) is 36.8 Å². The summed E-state index contributed by atoms with van der Waals surface area (Å²) >= 11 is 0. The lowest BCUT2D eigenvalue weighted by atomic mass is 10.0. The highest BCUT2D eigenvalue weighted by atomic mass is 16.1. The van der Waals surface area contributed by atoms with Crippen molar-refractivity contribution in [1.82, 2.24) is 9.97 Å². The van der Waals surface area contributed by atoms with Gasteiger partial charge in [0.1, 0.15) is 0 Å². The minimum Gasteiger partial charge on any atom is -0.320 e. The van der Waals surface area contributed by atoms with E-state index in [2.05, 4.69) is 27.1 Å². The molecule has 3 N–H and O–H groups in total. The van der Waals surface area contributed by atoms with Gasteiger partial charge in [-0.1, -0.05) is 11.8 Å². The van der Waals surface area contributed by atoms with Crippen LogP contribution in [0.3, 0.4) is 0 Å². The van der Waals surface area contributed by atoms with Crippen molar-refractivity contribution in [2.45, 2.75) is 6.92 Å². The van der Waals surface area contributed by atoms with E-state index in [4.69, 9.17) is 5.73 Å². The number of amides is 1. The first-order chi connectivity index (χ1) is 9.70. The number of aromatic nitrogens is 2. The van der Waals surface area contributed by atoms with Crippen molar-refractivity contribution in [2.75, 3.05) is 11.9 Å². The minimum absolute atomic E-state index is 0.252. The number of nitrogens with two attached hydrogens (primary N) is 1. The van der Waals surface area contributed by atoms with E-state index in [0.29, 0.717) is 12.1 Å². The van der Waals surface area contributed by atoms with Crippen molar-refractivity contribution in [2.24, 2.45) is 5.73 Å². The SMILES string of the molecule is Cc1cc(C(=O)Nc2ncccn2)ccc1C#CCN. The predicted molar refractivity (Wildman–Crippen MR) is 77.1 cm³/mol. The van der Waals surface area contributed by atoms with Gasteiger partial charge >= 0.3 is 0 Å². The second-order valence-electron chi connectivity index (χ2n) is 4.06. The number of anilines is 1. The maximum Gasteiger partial charge on any atom is 0.258 e. The molecule has 0 aliphatic carbocycles. The van der Waals surface area contributed by atoms with E-state index in [1.165, 1.54) is 0 Å². The Balaban J connectivity index is 2.17. The van der Waals surface area contributed by atoms with Gasteiger partial charge in [0.25, 0.3) is 5.91 Å². The molecule has 0 saturated heterocycles. The summed E-state index contributed by atoms with van der Waals surface area (Å²) in [6.45, 7) is 2.21. The Morgan fingerprint density at radius 3 is 2.75 bits per heavy atom. The zero-order valence-electron chi connectivity index (χ0n) is 11.1. The van der Waals surface area contributed by atoms with E-state index in [0.717, 1.165) is 11.1 Å². The molecule has 5 heteroatoms. The first-order valence-electron chi connectivity index (χ1n) is 6.08. The van der Waals surface area contributed by atoms with Crippen LogP contribution in [0.5, 0.6) is 0 Å². The lowest BCUT2D eigenvalue weighted by molar-refractivity contribution is 0.102. The summed E-state index contributed by atoms with van der Waals surface area (Å²) in [7, 11) is 0. The average molecular weight is 266 g/mol. The number of rotatable bonds is 2. The van der Waals surface area contributed by atoms with Crippen molar-refractivity contribution in [3.8, 4) is 11.8 Å². The van der Waals surface area contributed by atoms with Crippen LogP contribution in [0.2, 0.25) is 0 Å². The van der Waals surface area contributed by atoms with Gasteiger partial charge in [-0.15, -0.1) is 0 Å². The fourth-order valence-electron chi connectivity index (χ4n) is 1.63. The Morgan fingerprint density at radius 1 is 1.35 bits per heavy atom. The Bertz CT molecular complexity index is 671. The van der Waals surface area contributed by atoms with Gasteiger partial charge in [0, 0.05) is 23.5 Å². The second kappa shape index (κ2) is 6.45. The summed E-state index contributed by atoms with van der Waals surface area (Å²) in [6.07, 6.45) is 3.14. The highest BCUT2D eigenvalue weighted by molar-refractivity contribution is 6.03. The molecule has 0 aliphatic heterocycles. The standard InChI is InChI=1S/C15H14N4O/c1-11-10-13(6-5-12(11)4-2-7-16)14(20)19-15-17-8-3-9-18-15/h3,5-6,8-10H,7,16H2,1H3,(H,17,18,19,20). The topological polar surface area (TPSA) is 80.9 Å². The summed E-state index contributed by atoms with van der Waals surface area (Å²) in [5.74, 6) is 5.78. The van der Waals surface area contributed by atoms with Gasteiger partial charge in [0.05, 0.1) is 6.54 Å². The predicted octanol–water partition coefficient (Wildman–Crippen LogP) is 1.35. The fourth-order valence-corrected chi connectivity index (χ4v) is 1.63. The molecule has 20 heavy (non-hydrogen) atoms. The number of hydrogen-bond acceptors (Lipinski definition) is 4. The second-order valence-corrected chi connectivity index (χ2v) is 4.06. The third-order valence-corrected chi connectivity index (χ3v) is 2.60. The zero-order chi connectivity index (χ0) is 14.4. The van der Waals surface area contributed by atoms with Crippen LogP contribution in [0, 0.1) is 18.8 Å². The third kappa shape index (κ3) is 3.40. The van der Waals surface area contributed by atoms with Gasteiger partial charge in [-0.25, -0.2) is 9.97 Å². The Hall–Kier alpha value is -2.71. The molecule has 2 aromatic rings. The zero-order valence-corrected chi connectivity index (χ0v) is 11.1. The molecule has 0 atom stereocenters. The number of carbonyl (C=O) groups excluding carboxylic acids is 1. The number of carbonyl (C=O) groups is 1. The van der Waals surface area contributed by atoms with Gasteiger partial charge in [0.15, 0.2) is 0 Å². The van der Waals surface area contributed by atoms with E-state index in [-0.39, 0.29) is 11.9 Å². The van der Waals surface area contributed by atoms with E-state index < -0.39 is 0 Å². The summed E-state index contributed by atoms with van der Waals surface area (Å²) < 4.78 is 0. The molecular formula is C15H14N4O. The highest BCUT2D eigenvalue weighted by Crippen LogP contribution is 2.11. The van der Waals surface area contributed by atoms with E-state index in [9.17, 15) is 4.79 Å². The van der Waals surface area contributed by atoms with Crippen LogP contribution in [-0.4, -0.2) is 22.4 Å². The molecule has 0 aliphatic rings. The van der Waals surface area contributed by atoms with Crippen molar-refractivity contribution in [1.29, 1.82) is 0 Å². The maximum atomic E-state index is 12.0. The molecule has 0 bridgehead atoms. The van der Waals surface area contributed by atoms with Crippen molar-refractivity contribution >= 4 is 11.9 Å². The fraction of sp³-hybridized carbons (Fsp3) is 0.133. The average Bonchev–Trinajstić information content (AvgIpc) is 2.47. The monoisotopic (exact) mass is 266 g/mol. The van der Waals surface area contributed by atoms with Gasteiger partial charge in [-0.2, -0.15) is 0 Å². The molecule has 0 fully saturated rings. The number of benzene rings is 1. The van der Waals surface area contributed by atoms with Crippen LogP contribution in [-0.2, 0) is 0 Å². The Morgan fingerprint density at radius 2 is 2.10 bits per heavy atom. The normalized spacial score (nSPS) is 9.50. The number of aryl methyl sites for hydroxylation is 1. The quantitative estimate of drug-likeness (QED) is 0.804. The smallest absolute Gasteiger partial charge is 0.258 e. The molecule has 0 radical (unpaired) electrons. The van der Waals surface area contributed by atoms with Crippen LogP contribution in [0.4, 0.5) is 5.95 Å². The molecule has 0 spiro atoms. The Labute approximate surface area is 117 Å². The summed E-state index contributed by atoms with van der Waals surface area (Å²) in [5.41, 5.74) is 7.66. The largest absolute Gasteiger partial charge is 0.320 e. The van der Waals surface area contributed by atoms with Crippen LogP contribution in [0.25, 0.3) is 0 Å². The minimum atomic E-state index is -0.252. The molecule has 1 aromatic carbocycles.